The van der Waals surface area contributed by atoms with Crippen molar-refractivity contribution < 1.29 is 4.79 Å². The van der Waals surface area contributed by atoms with Gasteiger partial charge in [-0.1, -0.05) is 13.0 Å². The first-order valence-electron chi connectivity index (χ1n) is 7.94. The molecule has 0 saturated heterocycles. The molecular formula is C18H23N3OS. The van der Waals surface area contributed by atoms with Gasteiger partial charge in [-0.05, 0) is 36.2 Å². The summed E-state index contributed by atoms with van der Waals surface area (Å²) < 4.78 is 0. The molecule has 4 nitrogen and oxygen atoms in total. The summed E-state index contributed by atoms with van der Waals surface area (Å²) in [7, 11) is 0. The van der Waals surface area contributed by atoms with E-state index in [9.17, 15) is 4.79 Å². The maximum atomic E-state index is 12.4. The highest BCUT2D eigenvalue weighted by Crippen LogP contribution is 2.12. The number of nitrogens with zero attached hydrogens (tertiary/aromatic N) is 3. The Kier molecular flexibility index (Phi) is 7.60. The molecule has 0 unspecified atom stereocenters. The topological polar surface area (TPSA) is 46.1 Å². The largest absolute Gasteiger partial charge is 0.342 e. The van der Waals surface area contributed by atoms with Crippen molar-refractivity contribution in [3.8, 4) is 0 Å². The second kappa shape index (κ2) is 10.0. The number of amides is 1. The van der Waals surface area contributed by atoms with Gasteiger partial charge in [0.15, 0.2) is 0 Å². The monoisotopic (exact) mass is 329 g/mol. The molecule has 2 heterocycles. The third-order valence-electron chi connectivity index (χ3n) is 3.45. The zero-order valence-electron chi connectivity index (χ0n) is 13.5. The second-order valence-electron chi connectivity index (χ2n) is 5.30. The van der Waals surface area contributed by atoms with Gasteiger partial charge in [-0.3, -0.25) is 14.8 Å². The zero-order chi connectivity index (χ0) is 16.3. The molecule has 1 amide bonds. The fourth-order valence-corrected chi connectivity index (χ4v) is 3.14. The number of carbonyl (C=O) groups is 1. The average molecular weight is 329 g/mol. The SMILES string of the molecule is CCCN(CCc1ccccn1)C(=O)CSCc1ccncc1. The Labute approximate surface area is 142 Å². The lowest BCUT2D eigenvalue weighted by molar-refractivity contribution is -0.128. The highest BCUT2D eigenvalue weighted by Gasteiger charge is 2.12. The number of aromatic nitrogens is 2. The predicted octanol–water partition coefficient (Wildman–Crippen LogP) is 3.19. The Morgan fingerprint density at radius 2 is 1.96 bits per heavy atom. The third-order valence-corrected chi connectivity index (χ3v) is 4.44. The highest BCUT2D eigenvalue weighted by atomic mass is 32.2. The van der Waals surface area contributed by atoms with Crippen molar-refractivity contribution in [3.63, 3.8) is 0 Å². The maximum absolute atomic E-state index is 12.4. The first-order chi connectivity index (χ1) is 11.3. The summed E-state index contributed by atoms with van der Waals surface area (Å²) in [5.41, 5.74) is 2.24. The van der Waals surface area contributed by atoms with Crippen LogP contribution in [0.5, 0.6) is 0 Å². The van der Waals surface area contributed by atoms with E-state index in [1.54, 1.807) is 30.4 Å². The number of pyridine rings is 2. The lowest BCUT2D eigenvalue weighted by Crippen LogP contribution is -2.35. The molecular weight excluding hydrogens is 306 g/mol. The summed E-state index contributed by atoms with van der Waals surface area (Å²) >= 11 is 1.66. The van der Waals surface area contributed by atoms with Crippen LogP contribution in [0.25, 0.3) is 0 Å². The number of hydrogen-bond donors (Lipinski definition) is 0. The molecule has 0 atom stereocenters. The van der Waals surface area contributed by atoms with Gasteiger partial charge in [0.1, 0.15) is 0 Å². The smallest absolute Gasteiger partial charge is 0.232 e. The van der Waals surface area contributed by atoms with Crippen molar-refractivity contribution in [1.29, 1.82) is 0 Å². The fourth-order valence-electron chi connectivity index (χ4n) is 2.25. The van der Waals surface area contributed by atoms with Gasteiger partial charge >= 0.3 is 0 Å². The second-order valence-corrected chi connectivity index (χ2v) is 6.29. The molecule has 2 aromatic heterocycles. The van der Waals surface area contributed by atoms with E-state index < -0.39 is 0 Å². The van der Waals surface area contributed by atoms with Gasteiger partial charge in [-0.2, -0.15) is 0 Å². The van der Waals surface area contributed by atoms with E-state index in [2.05, 4.69) is 16.9 Å². The van der Waals surface area contributed by atoms with Crippen LogP contribution in [0.1, 0.15) is 24.6 Å². The van der Waals surface area contributed by atoms with Gasteiger partial charge in [0.05, 0.1) is 5.75 Å². The van der Waals surface area contributed by atoms with Crippen molar-refractivity contribution in [2.24, 2.45) is 0 Å². The molecule has 2 aromatic rings. The Balaban J connectivity index is 1.78. The van der Waals surface area contributed by atoms with Crippen LogP contribution in [0.3, 0.4) is 0 Å². The Morgan fingerprint density at radius 3 is 2.65 bits per heavy atom. The molecule has 0 aliphatic rings. The van der Waals surface area contributed by atoms with Gasteiger partial charge in [-0.15, -0.1) is 11.8 Å². The summed E-state index contributed by atoms with van der Waals surface area (Å²) in [6, 6.07) is 9.88. The van der Waals surface area contributed by atoms with E-state index in [4.69, 9.17) is 0 Å². The fraction of sp³-hybridized carbons (Fsp3) is 0.389. The van der Waals surface area contributed by atoms with Crippen LogP contribution >= 0.6 is 11.8 Å². The quantitative estimate of drug-likeness (QED) is 0.709. The lowest BCUT2D eigenvalue weighted by atomic mass is 10.2. The minimum Gasteiger partial charge on any atom is -0.342 e. The summed E-state index contributed by atoms with van der Waals surface area (Å²) in [6.07, 6.45) is 7.15. The van der Waals surface area contributed by atoms with Crippen molar-refractivity contribution in [1.82, 2.24) is 14.9 Å². The number of hydrogen-bond acceptors (Lipinski definition) is 4. The zero-order valence-corrected chi connectivity index (χ0v) is 14.3. The van der Waals surface area contributed by atoms with Crippen LogP contribution in [-0.4, -0.2) is 39.6 Å². The van der Waals surface area contributed by atoms with Crippen LogP contribution < -0.4 is 0 Å². The summed E-state index contributed by atoms with van der Waals surface area (Å²) in [5, 5.41) is 0. The molecule has 2 rings (SSSR count). The molecule has 0 radical (unpaired) electrons. The van der Waals surface area contributed by atoms with Crippen molar-refractivity contribution in [3.05, 3.63) is 60.2 Å². The van der Waals surface area contributed by atoms with Crippen LogP contribution in [-0.2, 0) is 17.0 Å². The molecule has 23 heavy (non-hydrogen) atoms. The molecule has 0 aromatic carbocycles. The predicted molar refractivity (Wildman–Crippen MR) is 95.2 cm³/mol. The highest BCUT2D eigenvalue weighted by molar-refractivity contribution is 7.99. The Bertz CT molecular complexity index is 577. The minimum absolute atomic E-state index is 0.210. The van der Waals surface area contributed by atoms with Crippen molar-refractivity contribution in [2.75, 3.05) is 18.8 Å². The van der Waals surface area contributed by atoms with Crippen molar-refractivity contribution in [2.45, 2.75) is 25.5 Å². The molecule has 0 bridgehead atoms. The first-order valence-corrected chi connectivity index (χ1v) is 9.09. The van der Waals surface area contributed by atoms with Gasteiger partial charge in [0, 0.05) is 49.5 Å². The van der Waals surface area contributed by atoms with Crippen molar-refractivity contribution >= 4 is 17.7 Å². The van der Waals surface area contributed by atoms with E-state index in [0.29, 0.717) is 5.75 Å². The summed E-state index contributed by atoms with van der Waals surface area (Å²) in [5.74, 6) is 1.57. The summed E-state index contributed by atoms with van der Waals surface area (Å²) in [6.45, 7) is 3.64. The van der Waals surface area contributed by atoms with Crippen LogP contribution in [0.4, 0.5) is 0 Å². The molecule has 0 fully saturated rings. The lowest BCUT2D eigenvalue weighted by Gasteiger charge is -2.22. The Morgan fingerprint density at radius 1 is 1.13 bits per heavy atom. The van der Waals surface area contributed by atoms with Crippen LogP contribution in [0.2, 0.25) is 0 Å². The van der Waals surface area contributed by atoms with Crippen LogP contribution in [0, 0.1) is 0 Å². The van der Waals surface area contributed by atoms with Gasteiger partial charge in [0.2, 0.25) is 5.91 Å². The van der Waals surface area contributed by atoms with Gasteiger partial charge in [0.25, 0.3) is 0 Å². The van der Waals surface area contributed by atoms with E-state index in [1.807, 2.05) is 35.2 Å². The van der Waals surface area contributed by atoms with Gasteiger partial charge < -0.3 is 4.90 Å². The van der Waals surface area contributed by atoms with E-state index in [0.717, 1.165) is 37.4 Å². The molecule has 5 heteroatoms. The third kappa shape index (κ3) is 6.40. The molecule has 0 aliphatic carbocycles. The minimum atomic E-state index is 0.210. The van der Waals surface area contributed by atoms with E-state index in [-0.39, 0.29) is 5.91 Å². The van der Waals surface area contributed by atoms with Crippen LogP contribution in [0.15, 0.2) is 48.9 Å². The molecule has 122 valence electrons. The van der Waals surface area contributed by atoms with E-state index in [1.165, 1.54) is 5.56 Å². The number of thioether (sulfide) groups is 1. The van der Waals surface area contributed by atoms with Gasteiger partial charge in [-0.25, -0.2) is 0 Å². The number of rotatable bonds is 9. The summed E-state index contributed by atoms with van der Waals surface area (Å²) in [4.78, 5) is 22.7. The standard InChI is InChI=1S/C18H23N3OS/c1-2-12-21(13-8-17-5-3-4-9-20-17)18(22)15-23-14-16-6-10-19-11-7-16/h3-7,9-11H,2,8,12-15H2,1H3. The maximum Gasteiger partial charge on any atom is 0.232 e. The average Bonchev–Trinajstić information content (AvgIpc) is 2.60. The molecule has 0 saturated carbocycles. The van der Waals surface area contributed by atoms with E-state index >= 15 is 0 Å². The molecule has 0 aliphatic heterocycles. The normalized spacial score (nSPS) is 10.5. The molecule has 0 spiro atoms. The first kappa shape index (κ1) is 17.5. The Hall–Kier alpha value is -1.88. The molecule has 0 N–H and O–H groups in total. The number of carbonyl (C=O) groups excluding carboxylic acids is 1.